The molecule has 0 radical (unpaired) electrons. The van der Waals surface area contributed by atoms with Gasteiger partial charge in [0.05, 0.1) is 5.88 Å². The van der Waals surface area contributed by atoms with Gasteiger partial charge >= 0.3 is 0 Å². The lowest BCUT2D eigenvalue weighted by Gasteiger charge is -2.24. The monoisotopic (exact) mass is 359 g/mol. The Hall–Kier alpha value is -0.260. The van der Waals surface area contributed by atoms with Crippen LogP contribution < -0.4 is 0 Å². The minimum Gasteiger partial charge on any atom is -0.310 e. The van der Waals surface area contributed by atoms with E-state index in [4.69, 9.17) is 11.6 Å². The Balaban J connectivity index is 2.05. The van der Waals surface area contributed by atoms with Gasteiger partial charge < -0.3 is 4.57 Å². The molecule has 19 heavy (non-hydrogen) atoms. The minimum atomic E-state index is 0.281. The van der Waals surface area contributed by atoms with Crippen molar-refractivity contribution in [2.45, 2.75) is 36.9 Å². The molecule has 2 aromatic heterocycles. The zero-order valence-corrected chi connectivity index (χ0v) is 13.9. The van der Waals surface area contributed by atoms with Gasteiger partial charge in [0, 0.05) is 22.0 Å². The Morgan fingerprint density at radius 1 is 1.58 bits per heavy atom. The van der Waals surface area contributed by atoms with Crippen molar-refractivity contribution in [1.82, 2.24) is 14.5 Å². The van der Waals surface area contributed by atoms with Crippen LogP contribution in [-0.4, -0.2) is 25.0 Å². The Morgan fingerprint density at radius 2 is 2.42 bits per heavy atom. The SMILES string of the molecule is CC1(Cn2c(CCl)nc3cc(Br)cnc32)CCCS1. The lowest BCUT2D eigenvalue weighted by molar-refractivity contribution is 0.508. The van der Waals surface area contributed by atoms with Crippen LogP contribution in [0.2, 0.25) is 0 Å². The summed E-state index contributed by atoms with van der Waals surface area (Å²) in [7, 11) is 0. The number of hydrogen-bond acceptors (Lipinski definition) is 3. The number of halogens is 2. The number of hydrogen-bond donors (Lipinski definition) is 0. The number of aromatic nitrogens is 3. The molecule has 0 N–H and O–H groups in total. The fourth-order valence-electron chi connectivity index (χ4n) is 2.60. The molecule has 0 amide bonds. The van der Waals surface area contributed by atoms with Crippen LogP contribution in [0.15, 0.2) is 16.7 Å². The maximum absolute atomic E-state index is 6.04. The van der Waals surface area contributed by atoms with Crippen molar-refractivity contribution in [3.05, 3.63) is 22.6 Å². The van der Waals surface area contributed by atoms with E-state index in [9.17, 15) is 0 Å². The highest BCUT2D eigenvalue weighted by Crippen LogP contribution is 2.39. The van der Waals surface area contributed by atoms with Crippen LogP contribution in [0.25, 0.3) is 11.2 Å². The van der Waals surface area contributed by atoms with Crippen molar-refractivity contribution in [3.63, 3.8) is 0 Å². The molecule has 1 saturated heterocycles. The van der Waals surface area contributed by atoms with E-state index in [2.05, 4.69) is 37.4 Å². The highest BCUT2D eigenvalue weighted by atomic mass is 79.9. The second-order valence-electron chi connectivity index (χ2n) is 5.15. The molecular weight excluding hydrogens is 346 g/mol. The van der Waals surface area contributed by atoms with Crippen LogP contribution in [0.4, 0.5) is 0 Å². The molecule has 1 aliphatic heterocycles. The Labute approximate surface area is 130 Å². The van der Waals surface area contributed by atoms with Gasteiger partial charge in [-0.15, -0.1) is 11.6 Å². The molecule has 6 heteroatoms. The summed E-state index contributed by atoms with van der Waals surface area (Å²) in [6.07, 6.45) is 4.36. The van der Waals surface area contributed by atoms with E-state index in [1.54, 1.807) is 0 Å². The number of fused-ring (bicyclic) bond motifs is 1. The summed E-state index contributed by atoms with van der Waals surface area (Å²) in [5, 5.41) is 0. The first-order chi connectivity index (χ1) is 9.11. The van der Waals surface area contributed by atoms with Gasteiger partial charge in [-0.1, -0.05) is 0 Å². The van der Waals surface area contributed by atoms with Gasteiger partial charge in [-0.05, 0) is 47.5 Å². The predicted molar refractivity (Wildman–Crippen MR) is 84.9 cm³/mol. The first-order valence-corrected chi connectivity index (χ1v) is 8.63. The maximum atomic E-state index is 6.04. The molecule has 1 fully saturated rings. The number of alkyl halides is 1. The first-order valence-electron chi connectivity index (χ1n) is 6.32. The largest absolute Gasteiger partial charge is 0.310 e. The number of imidazole rings is 1. The van der Waals surface area contributed by atoms with Gasteiger partial charge in [-0.2, -0.15) is 11.8 Å². The summed E-state index contributed by atoms with van der Waals surface area (Å²) in [6.45, 7) is 3.26. The standard InChI is InChI=1S/C13H15BrClN3S/c1-13(3-2-4-19-13)8-18-11(6-15)17-10-5-9(14)7-16-12(10)18/h5,7H,2-4,6,8H2,1H3. The third kappa shape index (κ3) is 2.65. The van der Waals surface area contributed by atoms with E-state index in [-0.39, 0.29) is 4.75 Å². The van der Waals surface area contributed by atoms with Gasteiger partial charge in [-0.25, -0.2) is 9.97 Å². The number of nitrogens with zero attached hydrogens (tertiary/aromatic N) is 3. The topological polar surface area (TPSA) is 30.7 Å². The summed E-state index contributed by atoms with van der Waals surface area (Å²) < 4.78 is 3.42. The molecule has 0 aromatic carbocycles. The summed E-state index contributed by atoms with van der Waals surface area (Å²) in [5.41, 5.74) is 1.85. The summed E-state index contributed by atoms with van der Waals surface area (Å²) in [5.74, 6) is 2.59. The molecule has 102 valence electrons. The Morgan fingerprint density at radius 3 is 3.11 bits per heavy atom. The molecule has 0 bridgehead atoms. The van der Waals surface area contributed by atoms with E-state index >= 15 is 0 Å². The Bertz CT molecular complexity index is 607. The minimum absolute atomic E-state index is 0.281. The normalized spacial score (nSPS) is 23.3. The molecule has 0 spiro atoms. The van der Waals surface area contributed by atoms with E-state index < -0.39 is 0 Å². The molecule has 0 aliphatic carbocycles. The second-order valence-corrected chi connectivity index (χ2v) is 8.01. The second kappa shape index (κ2) is 5.26. The molecule has 0 saturated carbocycles. The molecule has 1 aliphatic rings. The van der Waals surface area contributed by atoms with Crippen LogP contribution in [-0.2, 0) is 12.4 Å². The van der Waals surface area contributed by atoms with Gasteiger partial charge in [0.1, 0.15) is 11.3 Å². The highest BCUT2D eigenvalue weighted by molar-refractivity contribution is 9.10. The van der Waals surface area contributed by atoms with E-state index in [0.717, 1.165) is 28.0 Å². The highest BCUT2D eigenvalue weighted by Gasteiger charge is 2.31. The molecule has 1 unspecified atom stereocenters. The fourth-order valence-corrected chi connectivity index (χ4v) is 4.41. The van der Waals surface area contributed by atoms with Crippen LogP contribution in [0, 0.1) is 0 Å². The van der Waals surface area contributed by atoms with Gasteiger partial charge in [0.25, 0.3) is 0 Å². The van der Waals surface area contributed by atoms with Crippen molar-refractivity contribution in [2.24, 2.45) is 0 Å². The lowest BCUT2D eigenvalue weighted by Crippen LogP contribution is -2.24. The van der Waals surface area contributed by atoms with E-state index in [1.807, 2.05) is 24.0 Å². The molecule has 3 nitrogen and oxygen atoms in total. The zero-order chi connectivity index (χ0) is 13.5. The van der Waals surface area contributed by atoms with Crippen molar-refractivity contribution in [2.75, 3.05) is 5.75 Å². The van der Waals surface area contributed by atoms with Gasteiger partial charge in [0.2, 0.25) is 0 Å². The summed E-state index contributed by atoms with van der Waals surface area (Å²) in [6, 6.07) is 2.00. The fraction of sp³-hybridized carbons (Fsp3) is 0.538. The summed E-state index contributed by atoms with van der Waals surface area (Å²) >= 11 is 11.5. The Kier molecular flexibility index (Phi) is 3.80. The van der Waals surface area contributed by atoms with Gasteiger partial charge in [-0.3, -0.25) is 0 Å². The van der Waals surface area contributed by atoms with Crippen molar-refractivity contribution in [1.29, 1.82) is 0 Å². The maximum Gasteiger partial charge on any atom is 0.160 e. The van der Waals surface area contributed by atoms with Crippen LogP contribution in [0.5, 0.6) is 0 Å². The lowest BCUT2D eigenvalue weighted by atomic mass is 10.1. The number of pyridine rings is 1. The third-order valence-corrected chi connectivity index (χ3v) is 5.74. The first kappa shape index (κ1) is 13.7. The quantitative estimate of drug-likeness (QED) is 0.768. The molecule has 2 aromatic rings. The average molecular weight is 361 g/mol. The van der Waals surface area contributed by atoms with E-state index in [1.165, 1.54) is 18.6 Å². The molecule has 3 rings (SSSR count). The molecule has 1 atom stereocenters. The van der Waals surface area contributed by atoms with Gasteiger partial charge in [0.15, 0.2) is 5.65 Å². The van der Waals surface area contributed by atoms with Crippen molar-refractivity contribution in [3.8, 4) is 0 Å². The van der Waals surface area contributed by atoms with E-state index in [0.29, 0.717) is 5.88 Å². The smallest absolute Gasteiger partial charge is 0.160 e. The zero-order valence-electron chi connectivity index (χ0n) is 10.7. The third-order valence-electron chi connectivity index (χ3n) is 3.54. The summed E-state index contributed by atoms with van der Waals surface area (Å²) in [4.78, 5) is 9.10. The van der Waals surface area contributed by atoms with Crippen LogP contribution >= 0.6 is 39.3 Å². The number of thioether (sulfide) groups is 1. The van der Waals surface area contributed by atoms with Crippen molar-refractivity contribution >= 4 is 50.5 Å². The molecule has 3 heterocycles. The average Bonchev–Trinajstić information content (AvgIpc) is 2.94. The molecular formula is C13H15BrClN3S. The van der Waals surface area contributed by atoms with Crippen LogP contribution in [0.1, 0.15) is 25.6 Å². The van der Waals surface area contributed by atoms with Crippen LogP contribution in [0.3, 0.4) is 0 Å². The predicted octanol–water partition coefficient (Wildman–Crippen LogP) is 4.22. The number of rotatable bonds is 3. The van der Waals surface area contributed by atoms with Crippen molar-refractivity contribution < 1.29 is 0 Å².